The average molecular weight is 340 g/mol. The number of anilines is 1. The number of para-hydroxylation sites is 1. The van der Waals surface area contributed by atoms with E-state index in [1.54, 1.807) is 17.0 Å². The number of amides is 1. The zero-order chi connectivity index (χ0) is 17.6. The zero-order valence-electron chi connectivity index (χ0n) is 14.7. The van der Waals surface area contributed by atoms with Crippen molar-refractivity contribution in [1.29, 1.82) is 0 Å². The first-order valence-corrected chi connectivity index (χ1v) is 8.90. The summed E-state index contributed by atoms with van der Waals surface area (Å²) in [6.45, 7) is 2.31. The molecule has 0 spiro atoms. The molecule has 3 rings (SSSR count). The molecule has 1 heterocycles. The number of hydrogen-bond acceptors (Lipinski definition) is 2. The van der Waals surface area contributed by atoms with Crippen molar-refractivity contribution in [3.63, 3.8) is 0 Å². The van der Waals surface area contributed by atoms with Gasteiger partial charge in [0.15, 0.2) is 0 Å². The quantitative estimate of drug-likeness (QED) is 0.828. The number of likely N-dealkylation sites (N-methyl/N-ethyl adjacent to an activating group) is 1. The minimum absolute atomic E-state index is 0.120. The maximum absolute atomic E-state index is 13.3. The molecule has 0 aliphatic carbocycles. The predicted octanol–water partition coefficient (Wildman–Crippen LogP) is 3.74. The third-order valence-corrected chi connectivity index (χ3v) is 5.00. The van der Waals surface area contributed by atoms with Crippen LogP contribution in [-0.2, 0) is 11.2 Å². The van der Waals surface area contributed by atoms with Gasteiger partial charge < -0.3 is 4.90 Å². The summed E-state index contributed by atoms with van der Waals surface area (Å²) in [5.74, 6) is 0.527. The number of carbonyl (C=O) groups is 1. The van der Waals surface area contributed by atoms with Gasteiger partial charge in [0, 0.05) is 12.7 Å². The summed E-state index contributed by atoms with van der Waals surface area (Å²) >= 11 is 0. The fourth-order valence-corrected chi connectivity index (χ4v) is 3.44. The second kappa shape index (κ2) is 8.26. The first kappa shape index (κ1) is 17.6. The fraction of sp³-hybridized carbons (Fsp3) is 0.381. The fourth-order valence-electron chi connectivity index (χ4n) is 3.44. The lowest BCUT2D eigenvalue weighted by molar-refractivity contribution is -0.119. The van der Waals surface area contributed by atoms with Gasteiger partial charge in [-0.15, -0.1) is 0 Å². The highest BCUT2D eigenvalue weighted by Gasteiger charge is 2.22. The summed E-state index contributed by atoms with van der Waals surface area (Å²) in [7, 11) is 1.83. The lowest BCUT2D eigenvalue weighted by Gasteiger charge is -2.32. The minimum atomic E-state index is -0.163. The molecule has 132 valence electrons. The van der Waals surface area contributed by atoms with E-state index in [4.69, 9.17) is 0 Å². The molecule has 0 unspecified atom stereocenters. The minimum Gasteiger partial charge on any atom is -0.314 e. The van der Waals surface area contributed by atoms with Crippen molar-refractivity contribution in [3.8, 4) is 0 Å². The highest BCUT2D eigenvalue weighted by atomic mass is 19.1. The van der Waals surface area contributed by atoms with E-state index in [9.17, 15) is 9.18 Å². The van der Waals surface area contributed by atoms with E-state index in [0.717, 1.165) is 43.6 Å². The van der Waals surface area contributed by atoms with Crippen molar-refractivity contribution < 1.29 is 9.18 Å². The van der Waals surface area contributed by atoms with Gasteiger partial charge in [0.25, 0.3) is 0 Å². The number of carbonyl (C=O) groups excluding carboxylic acids is 1. The van der Waals surface area contributed by atoms with Crippen LogP contribution in [0.2, 0.25) is 0 Å². The van der Waals surface area contributed by atoms with Crippen LogP contribution in [0.3, 0.4) is 0 Å². The highest BCUT2D eigenvalue weighted by molar-refractivity contribution is 5.94. The number of nitrogens with zero attached hydrogens (tertiary/aromatic N) is 2. The Hall–Kier alpha value is -2.20. The van der Waals surface area contributed by atoms with E-state index in [0.29, 0.717) is 12.5 Å². The Morgan fingerprint density at radius 3 is 2.52 bits per heavy atom. The van der Waals surface area contributed by atoms with Crippen LogP contribution in [0.4, 0.5) is 10.1 Å². The number of piperidine rings is 1. The molecule has 0 radical (unpaired) electrons. The molecule has 0 atom stereocenters. The van der Waals surface area contributed by atoms with Crippen LogP contribution in [0.5, 0.6) is 0 Å². The predicted molar refractivity (Wildman–Crippen MR) is 99.1 cm³/mol. The Labute approximate surface area is 149 Å². The van der Waals surface area contributed by atoms with Gasteiger partial charge in [-0.25, -0.2) is 4.39 Å². The largest absolute Gasteiger partial charge is 0.314 e. The smallest absolute Gasteiger partial charge is 0.240 e. The maximum atomic E-state index is 13.3. The van der Waals surface area contributed by atoms with Crippen molar-refractivity contribution in [2.24, 2.45) is 5.92 Å². The molecule has 0 aromatic heterocycles. The second-order valence-corrected chi connectivity index (χ2v) is 6.84. The first-order valence-electron chi connectivity index (χ1n) is 8.90. The van der Waals surface area contributed by atoms with Crippen molar-refractivity contribution in [1.82, 2.24) is 4.90 Å². The van der Waals surface area contributed by atoms with Gasteiger partial charge in [-0.05, 0) is 68.1 Å². The molecule has 1 aliphatic rings. The highest BCUT2D eigenvalue weighted by Crippen LogP contribution is 2.22. The molecule has 2 aromatic carbocycles. The van der Waals surface area contributed by atoms with Crippen molar-refractivity contribution >= 4 is 11.6 Å². The summed E-state index contributed by atoms with van der Waals surface area (Å²) in [4.78, 5) is 16.4. The molecule has 0 saturated carbocycles. The lowest BCUT2D eigenvalue weighted by atomic mass is 9.90. The molecule has 2 aromatic rings. The standard InChI is InChI=1S/C21H25FN2O/c1-23(20-8-3-2-4-9-20)21(25)16-24-12-10-17(11-13-24)14-18-6-5-7-19(22)15-18/h2-9,15,17H,10-14,16H2,1H3. The van der Waals surface area contributed by atoms with E-state index in [1.165, 1.54) is 6.07 Å². The van der Waals surface area contributed by atoms with Gasteiger partial charge in [0.2, 0.25) is 5.91 Å². The van der Waals surface area contributed by atoms with Crippen LogP contribution >= 0.6 is 0 Å². The second-order valence-electron chi connectivity index (χ2n) is 6.84. The molecule has 1 amide bonds. The SMILES string of the molecule is CN(C(=O)CN1CCC(Cc2cccc(F)c2)CC1)c1ccccc1. The lowest BCUT2D eigenvalue weighted by Crippen LogP contribution is -2.42. The number of rotatable bonds is 5. The molecule has 0 N–H and O–H groups in total. The number of halogens is 1. The van der Waals surface area contributed by atoms with Gasteiger partial charge in [-0.3, -0.25) is 9.69 Å². The molecule has 0 bridgehead atoms. The zero-order valence-corrected chi connectivity index (χ0v) is 14.7. The molecule has 1 aliphatic heterocycles. The van der Waals surface area contributed by atoms with Crippen molar-refractivity contribution in [3.05, 3.63) is 66.0 Å². The summed E-state index contributed by atoms with van der Waals surface area (Å²) in [6.07, 6.45) is 3.03. The summed E-state index contributed by atoms with van der Waals surface area (Å²) < 4.78 is 13.3. The Balaban J connectivity index is 1.47. The monoisotopic (exact) mass is 340 g/mol. The van der Waals surface area contributed by atoms with E-state index in [-0.39, 0.29) is 11.7 Å². The van der Waals surface area contributed by atoms with E-state index in [1.807, 2.05) is 43.4 Å². The van der Waals surface area contributed by atoms with Gasteiger partial charge in [0.05, 0.1) is 6.54 Å². The van der Waals surface area contributed by atoms with Crippen LogP contribution in [0.25, 0.3) is 0 Å². The average Bonchev–Trinajstić information content (AvgIpc) is 2.63. The Morgan fingerprint density at radius 2 is 1.84 bits per heavy atom. The van der Waals surface area contributed by atoms with Gasteiger partial charge in [-0.2, -0.15) is 0 Å². The maximum Gasteiger partial charge on any atom is 0.240 e. The Kier molecular flexibility index (Phi) is 5.82. The van der Waals surface area contributed by atoms with Crippen LogP contribution < -0.4 is 4.90 Å². The third kappa shape index (κ3) is 4.89. The van der Waals surface area contributed by atoms with Crippen LogP contribution in [0, 0.1) is 11.7 Å². The molecular formula is C21H25FN2O. The van der Waals surface area contributed by atoms with E-state index in [2.05, 4.69) is 4.90 Å². The summed E-state index contributed by atoms with van der Waals surface area (Å²) in [5, 5.41) is 0. The number of benzene rings is 2. The van der Waals surface area contributed by atoms with Crippen LogP contribution in [0.15, 0.2) is 54.6 Å². The molecule has 4 heteroatoms. The number of likely N-dealkylation sites (tertiary alicyclic amines) is 1. The van der Waals surface area contributed by atoms with Gasteiger partial charge >= 0.3 is 0 Å². The summed E-state index contributed by atoms with van der Waals surface area (Å²) in [5.41, 5.74) is 1.99. The topological polar surface area (TPSA) is 23.6 Å². The first-order chi connectivity index (χ1) is 12.1. The molecule has 1 saturated heterocycles. The van der Waals surface area contributed by atoms with Crippen molar-refractivity contribution in [2.45, 2.75) is 19.3 Å². The molecule has 25 heavy (non-hydrogen) atoms. The Morgan fingerprint density at radius 1 is 1.12 bits per heavy atom. The molecule has 3 nitrogen and oxygen atoms in total. The molecular weight excluding hydrogens is 315 g/mol. The third-order valence-electron chi connectivity index (χ3n) is 5.00. The normalized spacial score (nSPS) is 15.9. The molecule has 1 fully saturated rings. The Bertz CT molecular complexity index is 696. The number of hydrogen-bond donors (Lipinski definition) is 0. The van der Waals surface area contributed by atoms with E-state index < -0.39 is 0 Å². The van der Waals surface area contributed by atoms with Gasteiger partial charge in [-0.1, -0.05) is 30.3 Å². The van der Waals surface area contributed by atoms with Crippen LogP contribution in [0.1, 0.15) is 18.4 Å². The van der Waals surface area contributed by atoms with E-state index >= 15 is 0 Å². The summed E-state index contributed by atoms with van der Waals surface area (Å²) in [6, 6.07) is 16.6. The van der Waals surface area contributed by atoms with Crippen molar-refractivity contribution in [2.75, 3.05) is 31.6 Å². The van der Waals surface area contributed by atoms with Gasteiger partial charge in [0.1, 0.15) is 5.82 Å². The van der Waals surface area contributed by atoms with Crippen LogP contribution in [-0.4, -0.2) is 37.5 Å².